The standard InChI is InChI=1S/C24H22/c1-17(19-10-4-3-5-11-19)16-24-18(2)20-12-6-7-13-21(20)22-14-8-9-15-23(22)24/h3-4,7-10,13-16H,1-2,5-6,11-12H2/b24-16+. The maximum absolute atomic E-state index is 4.44. The highest BCUT2D eigenvalue weighted by Gasteiger charge is 2.12. The van der Waals surface area contributed by atoms with E-state index >= 15 is 0 Å². The molecule has 0 saturated carbocycles. The summed E-state index contributed by atoms with van der Waals surface area (Å²) >= 11 is 0. The van der Waals surface area contributed by atoms with Crippen molar-refractivity contribution < 1.29 is 0 Å². The van der Waals surface area contributed by atoms with Gasteiger partial charge >= 0.3 is 0 Å². The molecule has 2 aliphatic rings. The maximum Gasteiger partial charge on any atom is -0.00992 e. The van der Waals surface area contributed by atoms with Crippen LogP contribution in [-0.2, 0) is 6.42 Å². The predicted octanol–water partition coefficient (Wildman–Crippen LogP) is 4.82. The Labute approximate surface area is 143 Å². The van der Waals surface area contributed by atoms with Crippen LogP contribution < -0.4 is 10.4 Å². The van der Waals surface area contributed by atoms with Gasteiger partial charge in [-0.15, -0.1) is 0 Å². The summed E-state index contributed by atoms with van der Waals surface area (Å²) in [6, 6.07) is 8.68. The fourth-order valence-corrected chi connectivity index (χ4v) is 3.81. The molecule has 0 unspecified atom stereocenters. The lowest BCUT2D eigenvalue weighted by atomic mass is 9.88. The fourth-order valence-electron chi connectivity index (χ4n) is 3.81. The molecule has 2 aromatic rings. The van der Waals surface area contributed by atoms with Crippen molar-refractivity contribution in [2.75, 3.05) is 0 Å². The number of hydrogen-bond donors (Lipinski definition) is 0. The Balaban J connectivity index is 2.01. The second-order valence-electron chi connectivity index (χ2n) is 6.60. The molecule has 0 heteroatoms. The monoisotopic (exact) mass is 310 g/mol. The van der Waals surface area contributed by atoms with E-state index in [0.29, 0.717) is 0 Å². The lowest BCUT2D eigenvalue weighted by Gasteiger charge is -2.16. The average Bonchev–Trinajstić information content (AvgIpc) is 2.65. The summed E-state index contributed by atoms with van der Waals surface area (Å²) in [6.07, 6.45) is 17.7. The van der Waals surface area contributed by atoms with Crippen LogP contribution in [0.15, 0.2) is 66.3 Å². The number of hydrogen-bond acceptors (Lipinski definition) is 0. The summed E-state index contributed by atoms with van der Waals surface area (Å²) in [5.74, 6) is 0. The molecule has 0 heterocycles. The molecule has 2 aromatic carbocycles. The van der Waals surface area contributed by atoms with E-state index in [-0.39, 0.29) is 0 Å². The van der Waals surface area contributed by atoms with Crippen LogP contribution in [0.4, 0.5) is 0 Å². The first-order valence-corrected chi connectivity index (χ1v) is 8.71. The molecule has 24 heavy (non-hydrogen) atoms. The lowest BCUT2D eigenvalue weighted by molar-refractivity contribution is 0.976. The summed E-state index contributed by atoms with van der Waals surface area (Å²) in [4.78, 5) is 0. The Hall–Kier alpha value is -2.60. The third-order valence-electron chi connectivity index (χ3n) is 5.11. The van der Waals surface area contributed by atoms with Gasteiger partial charge in [0.2, 0.25) is 0 Å². The summed E-state index contributed by atoms with van der Waals surface area (Å²) in [7, 11) is 0. The van der Waals surface area contributed by atoms with Gasteiger partial charge < -0.3 is 0 Å². The normalized spacial score (nSPS) is 17.0. The first kappa shape index (κ1) is 15.0. The molecule has 0 fully saturated rings. The molecule has 2 aliphatic carbocycles. The van der Waals surface area contributed by atoms with Gasteiger partial charge in [0, 0.05) is 0 Å². The third kappa shape index (κ3) is 2.49. The van der Waals surface area contributed by atoms with Gasteiger partial charge in [-0.3, -0.25) is 0 Å². The summed E-state index contributed by atoms with van der Waals surface area (Å²) in [6.45, 7) is 8.78. The molecule has 0 atom stereocenters. The van der Waals surface area contributed by atoms with Gasteiger partial charge in [0.05, 0.1) is 0 Å². The van der Waals surface area contributed by atoms with Crippen LogP contribution in [0.2, 0.25) is 0 Å². The van der Waals surface area contributed by atoms with Crippen molar-refractivity contribution in [2.45, 2.75) is 25.7 Å². The van der Waals surface area contributed by atoms with Crippen LogP contribution in [0.1, 0.15) is 30.4 Å². The van der Waals surface area contributed by atoms with Crippen molar-refractivity contribution >= 4 is 29.5 Å². The zero-order chi connectivity index (χ0) is 16.5. The van der Waals surface area contributed by atoms with E-state index in [1.54, 1.807) is 0 Å². The predicted molar refractivity (Wildman–Crippen MR) is 106 cm³/mol. The first-order chi connectivity index (χ1) is 11.8. The zero-order valence-corrected chi connectivity index (χ0v) is 14.0. The largest absolute Gasteiger partial charge is 0.0915 e. The van der Waals surface area contributed by atoms with Crippen LogP contribution >= 0.6 is 0 Å². The molecular formula is C24H22. The third-order valence-corrected chi connectivity index (χ3v) is 5.11. The lowest BCUT2D eigenvalue weighted by Crippen LogP contribution is -2.30. The highest BCUT2D eigenvalue weighted by atomic mass is 14.2. The van der Waals surface area contributed by atoms with Crippen LogP contribution in [0.3, 0.4) is 0 Å². The number of fused-ring (bicyclic) bond motifs is 3. The zero-order valence-electron chi connectivity index (χ0n) is 14.0. The van der Waals surface area contributed by atoms with Gasteiger partial charge in [-0.2, -0.15) is 0 Å². The minimum atomic E-state index is 1.07. The van der Waals surface area contributed by atoms with Crippen LogP contribution in [0, 0.1) is 0 Å². The highest BCUT2D eigenvalue weighted by molar-refractivity contribution is 5.94. The Morgan fingerprint density at radius 2 is 1.79 bits per heavy atom. The molecule has 0 spiro atoms. The summed E-state index contributed by atoms with van der Waals surface area (Å²) < 4.78 is 0. The SMILES string of the molecule is C=C(/C=c1\c(=C)c2c(c3ccccc13)C=CCC2)C1=CC=CCC1. The van der Waals surface area contributed by atoms with Crippen molar-refractivity contribution in [1.29, 1.82) is 0 Å². The van der Waals surface area contributed by atoms with E-state index in [1.807, 2.05) is 0 Å². The van der Waals surface area contributed by atoms with Crippen molar-refractivity contribution in [3.63, 3.8) is 0 Å². The molecule has 0 saturated heterocycles. The first-order valence-electron chi connectivity index (χ1n) is 8.71. The summed E-state index contributed by atoms with van der Waals surface area (Å²) in [5, 5.41) is 5.01. The highest BCUT2D eigenvalue weighted by Crippen LogP contribution is 2.24. The van der Waals surface area contributed by atoms with Gasteiger partial charge in [0.15, 0.2) is 0 Å². The molecule has 4 rings (SSSR count). The van der Waals surface area contributed by atoms with Crippen LogP contribution in [-0.4, -0.2) is 0 Å². The molecule has 0 aromatic heterocycles. The Bertz CT molecular complexity index is 1030. The van der Waals surface area contributed by atoms with E-state index in [1.165, 1.54) is 37.9 Å². The molecule has 118 valence electrons. The van der Waals surface area contributed by atoms with Crippen molar-refractivity contribution in [1.82, 2.24) is 0 Å². The molecular weight excluding hydrogens is 288 g/mol. The molecule has 0 aliphatic heterocycles. The van der Waals surface area contributed by atoms with E-state index in [4.69, 9.17) is 0 Å². The van der Waals surface area contributed by atoms with Gasteiger partial charge in [-0.25, -0.2) is 0 Å². The molecule has 0 radical (unpaired) electrons. The Morgan fingerprint density at radius 1 is 1.00 bits per heavy atom. The quantitative estimate of drug-likeness (QED) is 0.746. The molecule has 0 nitrogen and oxygen atoms in total. The second-order valence-corrected chi connectivity index (χ2v) is 6.60. The van der Waals surface area contributed by atoms with Crippen LogP contribution in [0.5, 0.6) is 0 Å². The Kier molecular flexibility index (Phi) is 3.82. The van der Waals surface area contributed by atoms with E-state index in [2.05, 4.69) is 73.9 Å². The Morgan fingerprint density at radius 3 is 2.58 bits per heavy atom. The van der Waals surface area contributed by atoms with Gasteiger partial charge in [-0.1, -0.05) is 67.8 Å². The van der Waals surface area contributed by atoms with E-state index in [0.717, 1.165) is 31.3 Å². The van der Waals surface area contributed by atoms with Crippen molar-refractivity contribution in [3.8, 4) is 0 Å². The van der Waals surface area contributed by atoms with Gasteiger partial charge in [0.25, 0.3) is 0 Å². The van der Waals surface area contributed by atoms with E-state index < -0.39 is 0 Å². The minimum absolute atomic E-state index is 1.07. The maximum atomic E-state index is 4.44. The number of rotatable bonds is 2. The van der Waals surface area contributed by atoms with Gasteiger partial charge in [0.1, 0.15) is 0 Å². The number of allylic oxidation sites excluding steroid dienone is 6. The molecule has 0 N–H and O–H groups in total. The summed E-state index contributed by atoms with van der Waals surface area (Å²) in [5.41, 5.74) is 5.19. The topological polar surface area (TPSA) is 0 Å². The van der Waals surface area contributed by atoms with E-state index in [9.17, 15) is 0 Å². The minimum Gasteiger partial charge on any atom is -0.0915 e. The van der Waals surface area contributed by atoms with Crippen LogP contribution in [0.25, 0.3) is 29.5 Å². The molecule has 0 bridgehead atoms. The molecule has 0 amide bonds. The van der Waals surface area contributed by atoms with Crippen molar-refractivity contribution in [3.05, 3.63) is 87.9 Å². The fraction of sp³-hybridized carbons (Fsp3) is 0.167. The average molecular weight is 310 g/mol. The number of benzene rings is 2. The van der Waals surface area contributed by atoms with Crippen molar-refractivity contribution in [2.24, 2.45) is 0 Å². The second kappa shape index (κ2) is 6.13. The smallest absolute Gasteiger partial charge is 0.00992 e. The van der Waals surface area contributed by atoms with Gasteiger partial charge in [-0.05, 0) is 75.2 Å².